The van der Waals surface area contributed by atoms with Crippen LogP contribution in [0.4, 0.5) is 11.4 Å². The average Bonchev–Trinajstić information content (AvgIpc) is 3.20. The van der Waals surface area contributed by atoms with Gasteiger partial charge in [-0.3, -0.25) is 9.63 Å². The first-order valence-corrected chi connectivity index (χ1v) is 9.55. The van der Waals surface area contributed by atoms with Crippen molar-refractivity contribution < 1.29 is 19.1 Å². The van der Waals surface area contributed by atoms with E-state index < -0.39 is 11.1 Å². The molecular weight excluding hydrogens is 466 g/mol. The van der Waals surface area contributed by atoms with Crippen LogP contribution in [0.5, 0.6) is 5.75 Å². The van der Waals surface area contributed by atoms with E-state index in [0.29, 0.717) is 17.1 Å². The van der Waals surface area contributed by atoms with Crippen molar-refractivity contribution in [3.63, 3.8) is 0 Å². The summed E-state index contributed by atoms with van der Waals surface area (Å²) >= 11 is 9.26. The maximum absolute atomic E-state index is 12.5. The molecule has 3 aromatic rings. The van der Waals surface area contributed by atoms with E-state index in [4.69, 9.17) is 16.0 Å². The smallest absolute Gasteiger partial charge is 0.299 e. The Morgan fingerprint density at radius 2 is 1.93 bits per heavy atom. The Balaban J connectivity index is 1.75. The molecule has 29 heavy (non-hydrogen) atoms. The van der Waals surface area contributed by atoms with Crippen LogP contribution in [-0.4, -0.2) is 11.0 Å². The van der Waals surface area contributed by atoms with Crippen LogP contribution in [0.15, 0.2) is 69.8 Å². The van der Waals surface area contributed by atoms with Crippen molar-refractivity contribution in [2.24, 2.45) is 0 Å². The molecule has 0 aliphatic rings. The van der Waals surface area contributed by atoms with E-state index in [1.54, 1.807) is 30.3 Å². The van der Waals surface area contributed by atoms with Crippen molar-refractivity contribution >= 4 is 44.8 Å². The van der Waals surface area contributed by atoms with Crippen LogP contribution in [0.25, 0.3) is 0 Å². The summed E-state index contributed by atoms with van der Waals surface area (Å²) in [5, 5.41) is 15.7. The molecule has 1 aromatic heterocycles. The van der Waals surface area contributed by atoms with E-state index in [-0.39, 0.29) is 23.1 Å². The lowest BCUT2D eigenvalue weighted by atomic mass is 10.1. The predicted octanol–water partition coefficient (Wildman–Crippen LogP) is 5.45. The van der Waals surface area contributed by atoms with Crippen molar-refractivity contribution in [3.8, 4) is 5.75 Å². The molecule has 1 unspecified atom stereocenters. The molecule has 0 spiro atoms. The van der Waals surface area contributed by atoms with Crippen molar-refractivity contribution in [2.75, 3.05) is 10.6 Å². The van der Waals surface area contributed by atoms with Gasteiger partial charge in [0.15, 0.2) is 0 Å². The molecule has 0 saturated heterocycles. The predicted molar refractivity (Wildman–Crippen MR) is 112 cm³/mol. The van der Waals surface area contributed by atoms with Gasteiger partial charge in [0.25, 0.3) is 5.09 Å². The minimum absolute atomic E-state index is 0.0532. The van der Waals surface area contributed by atoms with Crippen LogP contribution in [0.2, 0.25) is 5.02 Å². The van der Waals surface area contributed by atoms with Crippen LogP contribution >= 0.6 is 27.5 Å². The maximum atomic E-state index is 12.5. The third kappa shape index (κ3) is 5.97. The fourth-order valence-corrected chi connectivity index (χ4v) is 3.00. The van der Waals surface area contributed by atoms with Crippen molar-refractivity contribution in [2.45, 2.75) is 12.5 Å². The molecule has 8 nitrogen and oxygen atoms in total. The van der Waals surface area contributed by atoms with Crippen molar-refractivity contribution in [3.05, 3.63) is 86.2 Å². The Kier molecular flexibility index (Phi) is 6.73. The molecule has 0 bridgehead atoms. The van der Waals surface area contributed by atoms with E-state index in [1.807, 2.05) is 12.1 Å². The highest BCUT2D eigenvalue weighted by Crippen LogP contribution is 2.31. The SMILES string of the molecule is O=C(CC(Nc1ccc(Cl)c(O[N+](=O)[O-])c1)c1ccco1)Nc1ccc(Br)cc1. The molecule has 1 heterocycles. The van der Waals surface area contributed by atoms with Crippen LogP contribution in [0.1, 0.15) is 18.2 Å². The maximum Gasteiger partial charge on any atom is 0.299 e. The Hall–Kier alpha value is -3.04. The lowest BCUT2D eigenvalue weighted by Gasteiger charge is -2.18. The fraction of sp³-hybridized carbons (Fsp3) is 0.105. The second-order valence-corrected chi connectivity index (χ2v) is 7.25. The Labute approximate surface area is 179 Å². The number of rotatable bonds is 8. The minimum Gasteiger partial charge on any atom is -0.467 e. The van der Waals surface area contributed by atoms with Gasteiger partial charge in [-0.2, -0.15) is 0 Å². The number of furan rings is 1. The highest BCUT2D eigenvalue weighted by atomic mass is 79.9. The van der Waals surface area contributed by atoms with Gasteiger partial charge in [0.1, 0.15) is 11.5 Å². The quantitative estimate of drug-likeness (QED) is 0.328. The summed E-state index contributed by atoms with van der Waals surface area (Å²) < 4.78 is 6.34. The number of hydrogen-bond acceptors (Lipinski definition) is 6. The van der Waals surface area contributed by atoms with E-state index in [0.717, 1.165) is 4.47 Å². The largest absolute Gasteiger partial charge is 0.467 e. The number of halogens is 2. The van der Waals surface area contributed by atoms with Crippen LogP contribution in [-0.2, 0) is 4.79 Å². The zero-order valence-corrected chi connectivity index (χ0v) is 17.1. The van der Waals surface area contributed by atoms with Crippen LogP contribution in [0.3, 0.4) is 0 Å². The van der Waals surface area contributed by atoms with E-state index >= 15 is 0 Å². The van der Waals surface area contributed by atoms with Gasteiger partial charge in [-0.15, -0.1) is 10.1 Å². The Morgan fingerprint density at radius 1 is 1.21 bits per heavy atom. The summed E-state index contributed by atoms with van der Waals surface area (Å²) in [6.45, 7) is 0. The number of nitrogens with zero attached hydrogens (tertiary/aromatic N) is 1. The van der Waals surface area contributed by atoms with Gasteiger partial charge in [-0.25, -0.2) is 0 Å². The molecule has 2 N–H and O–H groups in total. The summed E-state index contributed by atoms with van der Waals surface area (Å²) in [5.41, 5.74) is 1.13. The number of anilines is 2. The molecule has 10 heteroatoms. The number of benzene rings is 2. The molecule has 2 aromatic carbocycles. The first-order valence-electron chi connectivity index (χ1n) is 8.38. The molecule has 150 valence electrons. The van der Waals surface area contributed by atoms with E-state index in [9.17, 15) is 14.9 Å². The van der Waals surface area contributed by atoms with Crippen molar-refractivity contribution in [1.82, 2.24) is 0 Å². The second kappa shape index (κ2) is 9.44. The Bertz CT molecular complexity index is 996. The first-order chi connectivity index (χ1) is 13.9. The lowest BCUT2D eigenvalue weighted by Crippen LogP contribution is -2.20. The standard InChI is InChI=1S/C19H15BrClN3O5/c20-12-3-5-13(6-4-12)23-19(25)11-16(17-2-1-9-28-17)22-14-7-8-15(21)18(10-14)29-24(26)27/h1-10,16,22H,11H2,(H,23,25). The Morgan fingerprint density at radius 3 is 2.59 bits per heavy atom. The van der Waals surface area contributed by atoms with Gasteiger partial charge in [0, 0.05) is 15.8 Å². The van der Waals surface area contributed by atoms with Crippen molar-refractivity contribution in [1.29, 1.82) is 0 Å². The molecule has 1 atom stereocenters. The highest BCUT2D eigenvalue weighted by molar-refractivity contribution is 9.10. The average molecular weight is 481 g/mol. The number of nitrogens with one attached hydrogen (secondary N) is 2. The van der Waals surface area contributed by atoms with Gasteiger partial charge >= 0.3 is 0 Å². The monoisotopic (exact) mass is 479 g/mol. The van der Waals surface area contributed by atoms with Gasteiger partial charge < -0.3 is 15.1 Å². The molecule has 0 radical (unpaired) electrons. The molecule has 0 aliphatic heterocycles. The summed E-state index contributed by atoms with van der Waals surface area (Å²) in [5.74, 6) is 0.179. The van der Waals surface area contributed by atoms with Gasteiger partial charge in [-0.1, -0.05) is 27.5 Å². The van der Waals surface area contributed by atoms with Crippen LogP contribution in [0, 0.1) is 10.1 Å². The third-order valence-corrected chi connectivity index (χ3v) is 4.69. The summed E-state index contributed by atoms with van der Waals surface area (Å²) in [4.78, 5) is 27.6. The molecule has 3 rings (SSSR count). The van der Waals surface area contributed by atoms with Gasteiger partial charge in [-0.05, 0) is 54.6 Å². The van der Waals surface area contributed by atoms with E-state index in [2.05, 4.69) is 31.4 Å². The zero-order valence-electron chi connectivity index (χ0n) is 14.8. The first kappa shape index (κ1) is 20.7. The molecule has 0 fully saturated rings. The minimum atomic E-state index is -0.944. The molecule has 0 aliphatic carbocycles. The topological polar surface area (TPSA) is 107 Å². The van der Waals surface area contributed by atoms with Gasteiger partial charge in [0.05, 0.1) is 23.7 Å². The summed E-state index contributed by atoms with van der Waals surface area (Å²) in [6.07, 6.45) is 1.55. The molecular formula is C19H15BrClN3O5. The van der Waals surface area contributed by atoms with Crippen LogP contribution < -0.4 is 15.5 Å². The molecule has 0 saturated carbocycles. The number of carbonyl (C=O) groups is 1. The number of carbonyl (C=O) groups excluding carboxylic acids is 1. The third-order valence-electron chi connectivity index (χ3n) is 3.85. The zero-order chi connectivity index (χ0) is 20.8. The second-order valence-electron chi connectivity index (χ2n) is 5.93. The highest BCUT2D eigenvalue weighted by Gasteiger charge is 2.19. The number of hydrogen-bond donors (Lipinski definition) is 2. The molecule has 1 amide bonds. The fourth-order valence-electron chi connectivity index (χ4n) is 2.59. The van der Waals surface area contributed by atoms with Gasteiger partial charge in [0.2, 0.25) is 5.91 Å². The summed E-state index contributed by atoms with van der Waals surface area (Å²) in [7, 11) is 0. The summed E-state index contributed by atoms with van der Waals surface area (Å²) in [6, 6.07) is 14.6. The van der Waals surface area contributed by atoms with E-state index in [1.165, 1.54) is 18.4 Å². The lowest BCUT2D eigenvalue weighted by molar-refractivity contribution is -0.711. The number of amides is 1. The normalized spacial score (nSPS) is 11.5.